The van der Waals surface area contributed by atoms with Gasteiger partial charge in [0, 0.05) is 11.3 Å². The number of rotatable bonds is 4. The van der Waals surface area contributed by atoms with Crippen molar-refractivity contribution in [1.82, 2.24) is 0 Å². The zero-order chi connectivity index (χ0) is 14.7. The summed E-state index contributed by atoms with van der Waals surface area (Å²) < 4.78 is 23.5. The molecule has 0 aliphatic rings. The molecule has 0 atom stereocenters. The number of carbonyl (C=O) groups is 1. The van der Waals surface area contributed by atoms with Crippen LogP contribution in [-0.4, -0.2) is 20.0 Å². The molecule has 0 bridgehead atoms. The Hall–Kier alpha value is -2.56. The third-order valence-electron chi connectivity index (χ3n) is 2.91. The average Bonchev–Trinajstić information content (AvgIpc) is 2.47. The lowest BCUT2D eigenvalue weighted by Gasteiger charge is -2.10. The largest absolute Gasteiger partial charge is 0.497 e. The van der Waals surface area contributed by atoms with Gasteiger partial charge in [0.2, 0.25) is 0 Å². The van der Waals surface area contributed by atoms with Crippen LogP contribution in [0.2, 0.25) is 0 Å². The van der Waals surface area contributed by atoms with Crippen LogP contribution in [0, 0.1) is 5.82 Å². The Morgan fingerprint density at radius 2 is 1.80 bits per heavy atom. The Kier molecular flexibility index (Phi) is 3.89. The summed E-state index contributed by atoms with van der Waals surface area (Å²) in [4.78, 5) is 12.5. The fraction of sp³-hybridized carbons (Fsp3) is 0.133. The van der Waals surface area contributed by atoms with Crippen LogP contribution < -0.4 is 15.2 Å². The molecule has 0 unspecified atom stereocenters. The third-order valence-corrected chi connectivity index (χ3v) is 2.91. The maximum absolute atomic E-state index is 13.3. The van der Waals surface area contributed by atoms with Crippen LogP contribution in [0.3, 0.4) is 0 Å². The number of hydrogen-bond donors (Lipinski definition) is 1. The van der Waals surface area contributed by atoms with Gasteiger partial charge in [0.15, 0.2) is 5.78 Å². The van der Waals surface area contributed by atoms with Gasteiger partial charge in [-0.2, -0.15) is 0 Å². The number of anilines is 1. The standard InChI is InChI=1S/C15H14FNO3/c1-19-10-4-5-13(17)11(8-10)15(18)12-7-9(16)3-6-14(12)20-2/h3-8H,17H2,1-2H3. The molecule has 5 heteroatoms. The van der Waals surface area contributed by atoms with Crippen LogP contribution in [0.25, 0.3) is 0 Å². The Balaban J connectivity index is 2.53. The SMILES string of the molecule is COc1ccc(N)c(C(=O)c2cc(F)ccc2OC)c1. The molecule has 0 amide bonds. The molecule has 4 nitrogen and oxygen atoms in total. The van der Waals surface area contributed by atoms with E-state index in [2.05, 4.69) is 0 Å². The molecule has 20 heavy (non-hydrogen) atoms. The fourth-order valence-corrected chi connectivity index (χ4v) is 1.86. The molecule has 2 rings (SSSR count). The lowest BCUT2D eigenvalue weighted by atomic mass is 10.0. The molecule has 0 aliphatic heterocycles. The number of carbonyl (C=O) groups excluding carboxylic acids is 1. The molecule has 0 saturated heterocycles. The molecule has 0 radical (unpaired) electrons. The maximum Gasteiger partial charge on any atom is 0.199 e. The van der Waals surface area contributed by atoms with Gasteiger partial charge in [0.25, 0.3) is 0 Å². The lowest BCUT2D eigenvalue weighted by molar-refractivity contribution is 0.103. The first-order chi connectivity index (χ1) is 9.56. The van der Waals surface area contributed by atoms with Crippen molar-refractivity contribution >= 4 is 11.5 Å². The average molecular weight is 275 g/mol. The highest BCUT2D eigenvalue weighted by Gasteiger charge is 2.18. The number of ketones is 1. The first-order valence-electron chi connectivity index (χ1n) is 5.88. The van der Waals surface area contributed by atoms with Gasteiger partial charge < -0.3 is 15.2 Å². The third kappa shape index (κ3) is 2.56. The van der Waals surface area contributed by atoms with E-state index in [1.165, 1.54) is 32.4 Å². The fourth-order valence-electron chi connectivity index (χ4n) is 1.86. The Labute approximate surface area is 115 Å². The molecule has 2 N–H and O–H groups in total. The van der Waals surface area contributed by atoms with Crippen molar-refractivity contribution in [2.75, 3.05) is 20.0 Å². The van der Waals surface area contributed by atoms with Gasteiger partial charge in [-0.3, -0.25) is 4.79 Å². The molecule has 104 valence electrons. The van der Waals surface area contributed by atoms with E-state index in [0.717, 1.165) is 6.07 Å². The van der Waals surface area contributed by atoms with E-state index < -0.39 is 11.6 Å². The molecule has 2 aromatic carbocycles. The minimum absolute atomic E-state index is 0.118. The first kappa shape index (κ1) is 13.9. The summed E-state index contributed by atoms with van der Waals surface area (Å²) in [5, 5.41) is 0. The van der Waals surface area contributed by atoms with Crippen LogP contribution in [0.5, 0.6) is 11.5 Å². The van der Waals surface area contributed by atoms with E-state index in [-0.39, 0.29) is 11.1 Å². The maximum atomic E-state index is 13.3. The summed E-state index contributed by atoms with van der Waals surface area (Å²) in [5.74, 6) is -0.148. The zero-order valence-corrected chi connectivity index (χ0v) is 11.1. The number of benzene rings is 2. The van der Waals surface area contributed by atoms with Gasteiger partial charge in [-0.05, 0) is 36.4 Å². The van der Waals surface area contributed by atoms with Crippen molar-refractivity contribution in [2.45, 2.75) is 0 Å². The molecule has 2 aromatic rings. The molecular weight excluding hydrogens is 261 g/mol. The Bertz CT molecular complexity index is 656. The van der Waals surface area contributed by atoms with Crippen LogP contribution in [0.4, 0.5) is 10.1 Å². The quantitative estimate of drug-likeness (QED) is 0.688. The Morgan fingerprint density at radius 3 is 2.45 bits per heavy atom. The summed E-state index contributed by atoms with van der Waals surface area (Å²) in [6.45, 7) is 0. The highest BCUT2D eigenvalue weighted by atomic mass is 19.1. The normalized spacial score (nSPS) is 10.2. The van der Waals surface area contributed by atoms with Gasteiger partial charge in [-0.1, -0.05) is 0 Å². The van der Waals surface area contributed by atoms with E-state index in [1.54, 1.807) is 12.1 Å². The minimum Gasteiger partial charge on any atom is -0.497 e. The summed E-state index contributed by atoms with van der Waals surface area (Å²) in [5.41, 5.74) is 6.46. The van der Waals surface area contributed by atoms with Crippen molar-refractivity contribution in [1.29, 1.82) is 0 Å². The summed E-state index contributed by atoms with van der Waals surface area (Å²) >= 11 is 0. The minimum atomic E-state index is -0.518. The van der Waals surface area contributed by atoms with Gasteiger partial charge >= 0.3 is 0 Å². The molecule has 0 heterocycles. The smallest absolute Gasteiger partial charge is 0.199 e. The predicted octanol–water partition coefficient (Wildman–Crippen LogP) is 2.66. The molecule has 0 fully saturated rings. The number of ether oxygens (including phenoxy) is 2. The van der Waals surface area contributed by atoms with E-state index in [4.69, 9.17) is 15.2 Å². The zero-order valence-electron chi connectivity index (χ0n) is 11.1. The summed E-state index contributed by atoms with van der Waals surface area (Å²) in [7, 11) is 2.90. The second kappa shape index (κ2) is 5.61. The van der Waals surface area contributed by atoms with Crippen LogP contribution in [0.15, 0.2) is 36.4 Å². The number of halogens is 1. The molecular formula is C15H14FNO3. The first-order valence-corrected chi connectivity index (χ1v) is 5.88. The van der Waals surface area contributed by atoms with E-state index in [0.29, 0.717) is 17.2 Å². The van der Waals surface area contributed by atoms with Gasteiger partial charge in [-0.15, -0.1) is 0 Å². The molecule has 0 saturated carbocycles. The number of methoxy groups -OCH3 is 2. The van der Waals surface area contributed by atoms with Crippen molar-refractivity contribution < 1.29 is 18.7 Å². The highest BCUT2D eigenvalue weighted by Crippen LogP contribution is 2.27. The second-order valence-corrected chi connectivity index (χ2v) is 4.13. The molecule has 0 aromatic heterocycles. The van der Waals surface area contributed by atoms with Crippen LogP contribution in [0.1, 0.15) is 15.9 Å². The number of nitrogens with two attached hydrogens (primary N) is 1. The van der Waals surface area contributed by atoms with Gasteiger partial charge in [0.05, 0.1) is 19.8 Å². The summed E-state index contributed by atoms with van der Waals surface area (Å²) in [6.07, 6.45) is 0. The Morgan fingerprint density at radius 1 is 1.05 bits per heavy atom. The number of hydrogen-bond acceptors (Lipinski definition) is 4. The van der Waals surface area contributed by atoms with E-state index >= 15 is 0 Å². The lowest BCUT2D eigenvalue weighted by Crippen LogP contribution is -2.08. The molecule has 0 aliphatic carbocycles. The monoisotopic (exact) mass is 275 g/mol. The van der Waals surface area contributed by atoms with Gasteiger partial charge in [0.1, 0.15) is 17.3 Å². The van der Waals surface area contributed by atoms with E-state index in [1.807, 2.05) is 0 Å². The van der Waals surface area contributed by atoms with Crippen LogP contribution >= 0.6 is 0 Å². The molecule has 0 spiro atoms. The topological polar surface area (TPSA) is 61.5 Å². The van der Waals surface area contributed by atoms with Crippen molar-refractivity contribution in [3.63, 3.8) is 0 Å². The van der Waals surface area contributed by atoms with Crippen LogP contribution in [-0.2, 0) is 0 Å². The second-order valence-electron chi connectivity index (χ2n) is 4.13. The predicted molar refractivity (Wildman–Crippen MR) is 73.8 cm³/mol. The van der Waals surface area contributed by atoms with Gasteiger partial charge in [-0.25, -0.2) is 4.39 Å². The van der Waals surface area contributed by atoms with Crippen molar-refractivity contribution in [2.24, 2.45) is 0 Å². The van der Waals surface area contributed by atoms with Crippen molar-refractivity contribution in [3.8, 4) is 11.5 Å². The number of nitrogen functional groups attached to an aromatic ring is 1. The van der Waals surface area contributed by atoms with E-state index in [9.17, 15) is 9.18 Å². The summed E-state index contributed by atoms with van der Waals surface area (Å²) in [6, 6.07) is 8.48. The highest BCUT2D eigenvalue weighted by molar-refractivity contribution is 6.13. The van der Waals surface area contributed by atoms with Crippen molar-refractivity contribution in [3.05, 3.63) is 53.3 Å².